The lowest BCUT2D eigenvalue weighted by atomic mass is 10.1. The summed E-state index contributed by atoms with van der Waals surface area (Å²) in [4.78, 5) is 26.6. The van der Waals surface area contributed by atoms with Gasteiger partial charge in [0.25, 0.3) is 11.8 Å². The monoisotopic (exact) mass is 543 g/mol. The first kappa shape index (κ1) is 26.6. The molecule has 4 N–H and O–H groups in total. The highest BCUT2D eigenvalue weighted by atomic mass is 32.1. The summed E-state index contributed by atoms with van der Waals surface area (Å²) >= 11 is 10.6. The summed E-state index contributed by atoms with van der Waals surface area (Å²) in [6.45, 7) is 0.243. The van der Waals surface area contributed by atoms with E-state index in [1.165, 1.54) is 11.1 Å². The van der Waals surface area contributed by atoms with Crippen molar-refractivity contribution >= 4 is 69.8 Å². The molecule has 192 valence electrons. The van der Waals surface area contributed by atoms with E-state index in [1.54, 1.807) is 24.3 Å². The summed E-state index contributed by atoms with van der Waals surface area (Å²) in [7, 11) is 0. The molecular weight excluding hydrogens is 518 g/mol. The second-order valence-corrected chi connectivity index (χ2v) is 8.95. The van der Waals surface area contributed by atoms with E-state index < -0.39 is 0 Å². The van der Waals surface area contributed by atoms with E-state index in [0.717, 1.165) is 11.4 Å². The van der Waals surface area contributed by atoms with E-state index in [1.807, 2.05) is 60.7 Å². The normalized spacial score (nSPS) is 12.8. The Labute approximate surface area is 231 Å². The smallest absolute Gasteiger partial charge is 0.261 e. The first-order valence-electron chi connectivity index (χ1n) is 11.8. The summed E-state index contributed by atoms with van der Waals surface area (Å²) in [5.74, 6) is -0.578. The highest BCUT2D eigenvalue weighted by molar-refractivity contribution is 7.80. The fourth-order valence-electron chi connectivity index (χ4n) is 3.66. The van der Waals surface area contributed by atoms with Crippen molar-refractivity contribution in [1.82, 2.24) is 15.8 Å². The van der Waals surface area contributed by atoms with Gasteiger partial charge in [0.05, 0.1) is 23.1 Å². The molecule has 1 aliphatic heterocycles. The lowest BCUT2D eigenvalue weighted by Crippen LogP contribution is -2.31. The maximum Gasteiger partial charge on any atom is 0.261 e. The lowest BCUT2D eigenvalue weighted by Gasteiger charge is -2.13. The second kappa shape index (κ2) is 13.2. The minimum atomic E-state index is -0.289. The molecule has 3 aromatic rings. The van der Waals surface area contributed by atoms with Crippen molar-refractivity contribution in [3.63, 3.8) is 0 Å². The molecule has 11 heteroatoms. The van der Waals surface area contributed by atoms with Gasteiger partial charge in [-0.15, -0.1) is 0 Å². The number of nitrogens with zero attached hydrogens (tertiary/aromatic N) is 3. The predicted molar refractivity (Wildman–Crippen MR) is 159 cm³/mol. The van der Waals surface area contributed by atoms with Gasteiger partial charge in [-0.3, -0.25) is 25.3 Å². The molecule has 0 unspecified atom stereocenters. The molecule has 0 spiro atoms. The summed E-state index contributed by atoms with van der Waals surface area (Å²) in [6, 6.07) is 25.7. The van der Waals surface area contributed by atoms with Crippen LogP contribution in [0.25, 0.3) is 0 Å². The van der Waals surface area contributed by atoms with E-state index >= 15 is 0 Å². The topological polar surface area (TPSA) is 110 Å². The number of benzene rings is 3. The van der Waals surface area contributed by atoms with Crippen LogP contribution in [0, 0.1) is 0 Å². The first-order valence-corrected chi connectivity index (χ1v) is 12.6. The van der Waals surface area contributed by atoms with Gasteiger partial charge >= 0.3 is 0 Å². The van der Waals surface area contributed by atoms with Crippen molar-refractivity contribution in [3.8, 4) is 0 Å². The van der Waals surface area contributed by atoms with Crippen LogP contribution in [0.1, 0.15) is 33.6 Å². The van der Waals surface area contributed by atoms with Gasteiger partial charge < -0.3 is 10.6 Å². The van der Waals surface area contributed by atoms with Crippen molar-refractivity contribution in [2.75, 3.05) is 17.2 Å². The van der Waals surface area contributed by atoms with Gasteiger partial charge in [-0.25, -0.2) is 0 Å². The van der Waals surface area contributed by atoms with E-state index in [-0.39, 0.29) is 18.4 Å². The Morgan fingerprint density at radius 1 is 0.737 bits per heavy atom. The highest BCUT2D eigenvalue weighted by Gasteiger charge is 2.34. The zero-order valence-electron chi connectivity index (χ0n) is 20.3. The Morgan fingerprint density at radius 2 is 1.24 bits per heavy atom. The van der Waals surface area contributed by atoms with Gasteiger partial charge in [0.1, 0.15) is 0 Å². The predicted octanol–water partition coefficient (Wildman–Crippen LogP) is 4.38. The molecule has 0 saturated heterocycles. The number of amides is 2. The van der Waals surface area contributed by atoms with Crippen molar-refractivity contribution in [3.05, 3.63) is 96.1 Å². The van der Waals surface area contributed by atoms with Crippen LogP contribution < -0.4 is 21.5 Å². The van der Waals surface area contributed by atoms with Crippen LogP contribution in [-0.2, 0) is 0 Å². The lowest BCUT2D eigenvalue weighted by molar-refractivity contribution is 0.0653. The average molecular weight is 544 g/mol. The number of hydrazone groups is 2. The van der Waals surface area contributed by atoms with E-state index in [9.17, 15) is 9.59 Å². The van der Waals surface area contributed by atoms with Gasteiger partial charge in [-0.05, 0) is 73.7 Å². The standard InChI is InChI=1S/C27H25N7O2S2/c35-24-22-15-7-8-16-23(22)25(36)34(24)17-9-14-21(31-33-27(38)30-20-12-5-2-6-13-20)18-28-32-26(37)29-19-10-3-1-4-11-19/h1-8,10-13,15-16,18H,9,14,17H2,(H2,29,32,37)(H2,30,33,38)/b28-18+,31-21-. The van der Waals surface area contributed by atoms with Crippen LogP contribution in [0.15, 0.2) is 95.1 Å². The fourth-order valence-corrected chi connectivity index (χ4v) is 3.99. The summed E-state index contributed by atoms with van der Waals surface area (Å²) in [5, 5.41) is 15.2. The molecule has 3 aromatic carbocycles. The molecule has 2 amide bonds. The molecular formula is C27H25N7O2S2. The molecule has 0 aromatic heterocycles. The Bertz CT molecular complexity index is 1340. The van der Waals surface area contributed by atoms with Crippen molar-refractivity contribution in [2.24, 2.45) is 10.2 Å². The minimum Gasteiger partial charge on any atom is -0.331 e. The number of imide groups is 1. The first-order chi connectivity index (χ1) is 18.5. The van der Waals surface area contributed by atoms with Gasteiger partial charge in [-0.2, -0.15) is 10.2 Å². The fraction of sp³-hybridized carbons (Fsp3) is 0.111. The molecule has 4 rings (SSSR count). The molecule has 0 bridgehead atoms. The van der Waals surface area contributed by atoms with Crippen LogP contribution in [0.4, 0.5) is 11.4 Å². The number of rotatable bonds is 9. The van der Waals surface area contributed by atoms with Gasteiger partial charge in [0.2, 0.25) is 0 Å². The Kier molecular flexibility index (Phi) is 9.22. The maximum absolute atomic E-state index is 12.6. The molecule has 38 heavy (non-hydrogen) atoms. The maximum atomic E-state index is 12.6. The number of nitrogens with one attached hydrogen (secondary N) is 4. The number of carbonyl (C=O) groups is 2. The average Bonchev–Trinajstić information content (AvgIpc) is 3.17. The Hall–Kier alpha value is -4.48. The van der Waals surface area contributed by atoms with Gasteiger partial charge in [0.15, 0.2) is 10.2 Å². The number of hydrogen-bond donors (Lipinski definition) is 4. The summed E-state index contributed by atoms with van der Waals surface area (Å²) < 4.78 is 0. The molecule has 1 heterocycles. The van der Waals surface area contributed by atoms with Gasteiger partial charge in [-0.1, -0.05) is 48.5 Å². The number of fused-ring (bicyclic) bond motifs is 1. The minimum absolute atomic E-state index is 0.243. The van der Waals surface area contributed by atoms with Crippen LogP contribution in [-0.4, -0.2) is 45.4 Å². The van der Waals surface area contributed by atoms with Crippen LogP contribution in [0.5, 0.6) is 0 Å². The third-order valence-electron chi connectivity index (χ3n) is 5.44. The molecule has 0 saturated carbocycles. The molecule has 9 nitrogen and oxygen atoms in total. The number of para-hydroxylation sites is 2. The number of anilines is 2. The third kappa shape index (κ3) is 7.28. The summed E-state index contributed by atoms with van der Waals surface area (Å²) in [6.07, 6.45) is 2.40. The van der Waals surface area contributed by atoms with Gasteiger partial charge in [0, 0.05) is 17.9 Å². The van der Waals surface area contributed by atoms with E-state index in [0.29, 0.717) is 39.9 Å². The Balaban J connectivity index is 1.36. The number of hydrogen-bond acceptors (Lipinski definition) is 6. The molecule has 1 aliphatic rings. The number of carbonyl (C=O) groups excluding carboxylic acids is 2. The third-order valence-corrected chi connectivity index (χ3v) is 5.82. The van der Waals surface area contributed by atoms with Crippen molar-refractivity contribution in [1.29, 1.82) is 0 Å². The molecule has 0 atom stereocenters. The molecule has 0 radical (unpaired) electrons. The SMILES string of the molecule is O=C1c2ccccc2C(=O)N1CCCC(/C=N/NC(=S)Nc1ccccc1)=N/NC(=S)Nc1ccccc1. The van der Waals surface area contributed by atoms with Crippen molar-refractivity contribution in [2.45, 2.75) is 12.8 Å². The quantitative estimate of drug-likeness (QED) is 0.136. The van der Waals surface area contributed by atoms with Crippen LogP contribution >= 0.6 is 24.4 Å². The highest BCUT2D eigenvalue weighted by Crippen LogP contribution is 2.22. The zero-order chi connectivity index (χ0) is 26.7. The van der Waals surface area contributed by atoms with E-state index in [2.05, 4.69) is 31.7 Å². The second-order valence-electron chi connectivity index (χ2n) is 8.14. The molecule has 0 aliphatic carbocycles. The van der Waals surface area contributed by atoms with Crippen LogP contribution in [0.2, 0.25) is 0 Å². The van der Waals surface area contributed by atoms with Crippen LogP contribution in [0.3, 0.4) is 0 Å². The largest absolute Gasteiger partial charge is 0.331 e. The summed E-state index contributed by atoms with van der Waals surface area (Å²) in [5.41, 5.74) is 8.61. The molecule has 0 fully saturated rings. The van der Waals surface area contributed by atoms with E-state index in [4.69, 9.17) is 24.4 Å². The zero-order valence-corrected chi connectivity index (χ0v) is 21.9. The Morgan fingerprint density at radius 3 is 1.79 bits per heavy atom. The number of thiocarbonyl (C=S) groups is 2. The van der Waals surface area contributed by atoms with Crippen molar-refractivity contribution < 1.29 is 9.59 Å².